The summed E-state index contributed by atoms with van der Waals surface area (Å²) in [5.74, 6) is 2.57. The van der Waals surface area contributed by atoms with E-state index in [0.29, 0.717) is 10.2 Å². The van der Waals surface area contributed by atoms with E-state index in [2.05, 4.69) is 21.9 Å². The summed E-state index contributed by atoms with van der Waals surface area (Å²) in [6.07, 6.45) is 6.77. The number of benzene rings is 2. The zero-order valence-electron chi connectivity index (χ0n) is 11.5. The highest BCUT2D eigenvalue weighted by Gasteiger charge is 2.08. The van der Waals surface area contributed by atoms with E-state index in [9.17, 15) is 9.65 Å². The maximum Gasteiger partial charge on any atom is 0.148 e. The SMILES string of the molecule is C#CCOc1ccc(C=C(C#N)c2ccccc2F)cc1Br. The maximum absolute atomic E-state index is 13.8. The molecule has 0 aromatic heterocycles. The first-order valence-corrected chi connectivity index (χ1v) is 7.17. The van der Waals surface area contributed by atoms with Crippen LogP contribution in [0.1, 0.15) is 11.1 Å². The number of nitrogens with zero attached hydrogens (tertiary/aromatic N) is 1. The van der Waals surface area contributed by atoms with Crippen LogP contribution < -0.4 is 4.74 Å². The monoisotopic (exact) mass is 355 g/mol. The molecule has 2 nitrogen and oxygen atoms in total. The summed E-state index contributed by atoms with van der Waals surface area (Å²) in [4.78, 5) is 0. The third-order valence-electron chi connectivity index (χ3n) is 2.86. The Morgan fingerprint density at radius 2 is 2.09 bits per heavy atom. The molecule has 0 atom stereocenters. The lowest BCUT2D eigenvalue weighted by molar-refractivity contribution is 0.368. The minimum Gasteiger partial charge on any atom is -0.480 e. The highest BCUT2D eigenvalue weighted by atomic mass is 79.9. The standard InChI is InChI=1S/C18H11BrFNO/c1-2-9-22-18-8-7-13(11-16(18)19)10-14(12-21)15-5-3-4-6-17(15)20/h1,3-8,10-11H,9H2. The van der Waals surface area contributed by atoms with Crippen LogP contribution in [0.4, 0.5) is 4.39 Å². The van der Waals surface area contributed by atoms with Gasteiger partial charge in [0.1, 0.15) is 18.2 Å². The summed E-state index contributed by atoms with van der Waals surface area (Å²) in [5.41, 5.74) is 1.27. The van der Waals surface area contributed by atoms with Gasteiger partial charge in [0.05, 0.1) is 16.1 Å². The molecule has 0 spiro atoms. The molecule has 2 aromatic carbocycles. The normalized spacial score (nSPS) is 10.6. The van der Waals surface area contributed by atoms with Gasteiger partial charge in [0, 0.05) is 5.56 Å². The van der Waals surface area contributed by atoms with Crippen molar-refractivity contribution in [1.82, 2.24) is 0 Å². The molecule has 0 aliphatic carbocycles. The summed E-state index contributed by atoms with van der Waals surface area (Å²) in [6, 6.07) is 13.5. The number of halogens is 2. The summed E-state index contributed by atoms with van der Waals surface area (Å²) >= 11 is 3.38. The lowest BCUT2D eigenvalue weighted by Crippen LogP contribution is -1.94. The van der Waals surface area contributed by atoms with E-state index in [-0.39, 0.29) is 17.7 Å². The fourth-order valence-corrected chi connectivity index (χ4v) is 2.37. The smallest absolute Gasteiger partial charge is 0.148 e. The van der Waals surface area contributed by atoms with Crippen molar-refractivity contribution in [2.24, 2.45) is 0 Å². The lowest BCUT2D eigenvalue weighted by atomic mass is 10.0. The second kappa shape index (κ2) is 7.45. The number of hydrogen-bond acceptors (Lipinski definition) is 2. The van der Waals surface area contributed by atoms with Crippen molar-refractivity contribution in [2.45, 2.75) is 0 Å². The molecule has 108 valence electrons. The largest absolute Gasteiger partial charge is 0.480 e. The van der Waals surface area contributed by atoms with Crippen LogP contribution in [0.5, 0.6) is 5.75 Å². The molecule has 0 saturated heterocycles. The van der Waals surface area contributed by atoms with E-state index in [1.54, 1.807) is 42.5 Å². The minimum atomic E-state index is -0.427. The molecule has 0 amide bonds. The van der Waals surface area contributed by atoms with Gasteiger partial charge < -0.3 is 4.74 Å². The molecule has 0 bridgehead atoms. The average Bonchev–Trinajstić information content (AvgIpc) is 2.52. The van der Waals surface area contributed by atoms with Crippen molar-refractivity contribution in [3.05, 3.63) is 63.9 Å². The van der Waals surface area contributed by atoms with Crippen molar-refractivity contribution in [3.8, 4) is 24.2 Å². The number of rotatable bonds is 4. The topological polar surface area (TPSA) is 33.0 Å². The van der Waals surface area contributed by atoms with Crippen molar-refractivity contribution >= 4 is 27.6 Å². The highest BCUT2D eigenvalue weighted by Crippen LogP contribution is 2.28. The van der Waals surface area contributed by atoms with Gasteiger partial charge in [0.15, 0.2) is 0 Å². The van der Waals surface area contributed by atoms with Crippen LogP contribution in [0.3, 0.4) is 0 Å². The maximum atomic E-state index is 13.8. The van der Waals surface area contributed by atoms with Gasteiger partial charge >= 0.3 is 0 Å². The first-order chi connectivity index (χ1) is 10.7. The number of hydrogen-bond donors (Lipinski definition) is 0. The summed E-state index contributed by atoms with van der Waals surface area (Å²) < 4.78 is 19.8. The van der Waals surface area contributed by atoms with Crippen molar-refractivity contribution in [2.75, 3.05) is 6.61 Å². The highest BCUT2D eigenvalue weighted by molar-refractivity contribution is 9.10. The molecule has 0 radical (unpaired) electrons. The van der Waals surface area contributed by atoms with Crippen LogP contribution in [0.15, 0.2) is 46.9 Å². The van der Waals surface area contributed by atoms with Gasteiger partial charge in [-0.05, 0) is 45.8 Å². The van der Waals surface area contributed by atoms with Crippen molar-refractivity contribution < 1.29 is 9.13 Å². The first kappa shape index (κ1) is 15.8. The molecular weight excluding hydrogens is 345 g/mol. The Kier molecular flexibility index (Phi) is 5.36. The van der Waals surface area contributed by atoms with Crippen LogP contribution in [0, 0.1) is 29.5 Å². The van der Waals surface area contributed by atoms with E-state index >= 15 is 0 Å². The second-order valence-electron chi connectivity index (χ2n) is 4.33. The van der Waals surface area contributed by atoms with Crippen LogP contribution in [-0.4, -0.2) is 6.61 Å². The molecule has 0 heterocycles. The molecular formula is C18H11BrFNO. The third kappa shape index (κ3) is 3.75. The summed E-state index contributed by atoms with van der Waals surface area (Å²) in [5, 5.41) is 9.26. The summed E-state index contributed by atoms with van der Waals surface area (Å²) in [6.45, 7) is 0.173. The van der Waals surface area contributed by atoms with Crippen LogP contribution >= 0.6 is 15.9 Å². The Labute approximate surface area is 137 Å². The van der Waals surface area contributed by atoms with Gasteiger partial charge in [0.2, 0.25) is 0 Å². The fourth-order valence-electron chi connectivity index (χ4n) is 1.86. The molecule has 2 rings (SSSR count). The first-order valence-electron chi connectivity index (χ1n) is 6.38. The fraction of sp³-hybridized carbons (Fsp3) is 0.0556. The quantitative estimate of drug-likeness (QED) is 0.453. The lowest BCUT2D eigenvalue weighted by Gasteiger charge is -2.06. The molecule has 0 N–H and O–H groups in total. The molecule has 0 saturated carbocycles. The number of nitriles is 1. The average molecular weight is 356 g/mol. The second-order valence-corrected chi connectivity index (χ2v) is 5.19. The Bertz CT molecular complexity index is 799. The molecule has 4 heteroatoms. The van der Waals surface area contributed by atoms with E-state index in [1.807, 2.05) is 6.07 Å². The number of ether oxygens (including phenoxy) is 1. The predicted molar refractivity (Wildman–Crippen MR) is 88.4 cm³/mol. The van der Waals surface area contributed by atoms with Gasteiger partial charge in [-0.1, -0.05) is 30.2 Å². The van der Waals surface area contributed by atoms with E-state index in [0.717, 1.165) is 5.56 Å². The molecule has 0 fully saturated rings. The molecule has 0 aliphatic rings. The zero-order valence-corrected chi connectivity index (χ0v) is 13.1. The van der Waals surface area contributed by atoms with E-state index in [4.69, 9.17) is 11.2 Å². The zero-order chi connectivity index (χ0) is 15.9. The van der Waals surface area contributed by atoms with Gasteiger partial charge in [0.25, 0.3) is 0 Å². The van der Waals surface area contributed by atoms with E-state index < -0.39 is 5.82 Å². The van der Waals surface area contributed by atoms with Gasteiger partial charge in [-0.2, -0.15) is 5.26 Å². The van der Waals surface area contributed by atoms with Crippen LogP contribution in [0.2, 0.25) is 0 Å². The number of allylic oxidation sites excluding steroid dienone is 1. The Balaban J connectivity index is 2.36. The van der Waals surface area contributed by atoms with Crippen LogP contribution in [0.25, 0.3) is 11.6 Å². The van der Waals surface area contributed by atoms with E-state index in [1.165, 1.54) is 6.07 Å². The third-order valence-corrected chi connectivity index (χ3v) is 3.48. The summed E-state index contributed by atoms with van der Waals surface area (Å²) in [7, 11) is 0. The number of terminal acetylenes is 1. The van der Waals surface area contributed by atoms with Crippen LogP contribution in [-0.2, 0) is 0 Å². The molecule has 0 unspecified atom stereocenters. The molecule has 22 heavy (non-hydrogen) atoms. The molecule has 0 aliphatic heterocycles. The molecule has 2 aromatic rings. The van der Waals surface area contributed by atoms with Gasteiger partial charge in [-0.25, -0.2) is 4.39 Å². The van der Waals surface area contributed by atoms with Gasteiger partial charge in [-0.3, -0.25) is 0 Å². The van der Waals surface area contributed by atoms with Crippen molar-refractivity contribution in [1.29, 1.82) is 5.26 Å². The minimum absolute atomic E-state index is 0.173. The van der Waals surface area contributed by atoms with Crippen molar-refractivity contribution in [3.63, 3.8) is 0 Å². The Morgan fingerprint density at radius 3 is 2.73 bits per heavy atom. The predicted octanol–water partition coefficient (Wildman–Crippen LogP) is 4.66. The van der Waals surface area contributed by atoms with Gasteiger partial charge in [-0.15, -0.1) is 6.42 Å². The Morgan fingerprint density at radius 1 is 1.32 bits per heavy atom. The Hall–Kier alpha value is -2.56.